The lowest BCUT2D eigenvalue weighted by Crippen LogP contribution is -2.46. The molecule has 0 saturated carbocycles. The van der Waals surface area contributed by atoms with Crippen molar-refractivity contribution in [1.82, 2.24) is 9.88 Å². The third-order valence-electron chi connectivity index (χ3n) is 4.10. The van der Waals surface area contributed by atoms with Crippen molar-refractivity contribution < 1.29 is 9.52 Å². The zero-order valence-electron chi connectivity index (χ0n) is 11.7. The van der Waals surface area contributed by atoms with E-state index in [4.69, 9.17) is 4.42 Å². The molecule has 2 aromatic heterocycles. The molecule has 0 amide bonds. The predicted octanol–water partition coefficient (Wildman–Crippen LogP) is 3.00. The molecule has 1 saturated heterocycles. The van der Waals surface area contributed by atoms with Gasteiger partial charge in [-0.25, -0.2) is 4.98 Å². The van der Waals surface area contributed by atoms with Crippen molar-refractivity contribution in [3.8, 4) is 10.6 Å². The first kappa shape index (κ1) is 13.8. The molecule has 2 atom stereocenters. The Kier molecular flexibility index (Phi) is 4.19. The van der Waals surface area contributed by atoms with Gasteiger partial charge in [0.1, 0.15) is 11.3 Å². The number of furan rings is 1. The highest BCUT2D eigenvalue weighted by Gasteiger charge is 2.28. The third-order valence-corrected chi connectivity index (χ3v) is 5.04. The van der Waals surface area contributed by atoms with Crippen LogP contribution in [0.15, 0.2) is 28.4 Å². The summed E-state index contributed by atoms with van der Waals surface area (Å²) in [5.74, 6) is 0.556. The number of thiazole rings is 1. The van der Waals surface area contributed by atoms with Gasteiger partial charge in [-0.05, 0) is 31.4 Å². The molecule has 0 aromatic carbocycles. The van der Waals surface area contributed by atoms with Gasteiger partial charge in [-0.1, -0.05) is 6.92 Å². The number of nitrogens with zero attached hydrogens (tertiary/aromatic N) is 2. The molecule has 5 heteroatoms. The smallest absolute Gasteiger partial charge is 0.126 e. The molecule has 3 rings (SSSR count). The lowest BCUT2D eigenvalue weighted by Gasteiger charge is -2.38. The van der Waals surface area contributed by atoms with E-state index in [-0.39, 0.29) is 12.6 Å². The highest BCUT2D eigenvalue weighted by molar-refractivity contribution is 7.13. The van der Waals surface area contributed by atoms with Crippen LogP contribution in [0, 0.1) is 5.92 Å². The maximum atomic E-state index is 9.59. The van der Waals surface area contributed by atoms with Gasteiger partial charge in [-0.3, -0.25) is 4.90 Å². The van der Waals surface area contributed by atoms with Gasteiger partial charge in [0.25, 0.3) is 0 Å². The first-order valence-electron chi connectivity index (χ1n) is 7.10. The van der Waals surface area contributed by atoms with Gasteiger partial charge < -0.3 is 9.52 Å². The molecular weight excluding hydrogens is 272 g/mol. The fourth-order valence-electron chi connectivity index (χ4n) is 2.93. The average Bonchev–Trinajstić information content (AvgIpc) is 3.09. The van der Waals surface area contributed by atoms with Crippen molar-refractivity contribution in [2.75, 3.05) is 13.2 Å². The standard InChI is InChI=1S/C15H20N2O2S/c1-11-3-2-5-17(14(11)8-18)7-13-10-20-15(16-13)12-4-6-19-9-12/h4,6,9-11,14,18H,2-3,5,7-8H2,1H3. The van der Waals surface area contributed by atoms with Gasteiger partial charge in [0, 0.05) is 23.5 Å². The molecule has 108 valence electrons. The summed E-state index contributed by atoms with van der Waals surface area (Å²) in [6, 6.07) is 2.20. The summed E-state index contributed by atoms with van der Waals surface area (Å²) in [5.41, 5.74) is 2.12. The summed E-state index contributed by atoms with van der Waals surface area (Å²) in [4.78, 5) is 7.04. The molecule has 4 nitrogen and oxygen atoms in total. The molecule has 1 N–H and O–H groups in total. The first-order valence-corrected chi connectivity index (χ1v) is 7.98. The fourth-order valence-corrected chi connectivity index (χ4v) is 3.73. The van der Waals surface area contributed by atoms with E-state index in [2.05, 4.69) is 22.2 Å². The second kappa shape index (κ2) is 6.08. The number of rotatable bonds is 4. The van der Waals surface area contributed by atoms with E-state index in [1.54, 1.807) is 23.9 Å². The SMILES string of the molecule is CC1CCCN(Cc2csc(-c3ccoc3)n2)C1CO. The Morgan fingerprint density at radius 1 is 1.55 bits per heavy atom. The second-order valence-corrected chi connectivity index (χ2v) is 6.35. The van der Waals surface area contributed by atoms with E-state index < -0.39 is 0 Å². The van der Waals surface area contributed by atoms with E-state index >= 15 is 0 Å². The summed E-state index contributed by atoms with van der Waals surface area (Å²) < 4.78 is 5.10. The van der Waals surface area contributed by atoms with Crippen LogP contribution in [0.5, 0.6) is 0 Å². The van der Waals surface area contributed by atoms with Crippen LogP contribution in [0.25, 0.3) is 10.6 Å². The minimum Gasteiger partial charge on any atom is -0.472 e. The van der Waals surface area contributed by atoms with Gasteiger partial charge in [0.05, 0.1) is 18.6 Å². The zero-order valence-corrected chi connectivity index (χ0v) is 12.5. The van der Waals surface area contributed by atoms with Crippen molar-refractivity contribution >= 4 is 11.3 Å². The number of aliphatic hydroxyl groups is 1. The Morgan fingerprint density at radius 3 is 3.20 bits per heavy atom. The minimum absolute atomic E-state index is 0.236. The number of likely N-dealkylation sites (tertiary alicyclic amines) is 1. The second-order valence-electron chi connectivity index (χ2n) is 5.50. The van der Waals surface area contributed by atoms with Crippen molar-refractivity contribution in [2.45, 2.75) is 32.4 Å². The molecule has 20 heavy (non-hydrogen) atoms. The van der Waals surface area contributed by atoms with Crippen LogP contribution in [-0.2, 0) is 6.54 Å². The van der Waals surface area contributed by atoms with E-state index in [0.29, 0.717) is 5.92 Å². The normalized spacial score (nSPS) is 24.1. The Balaban J connectivity index is 1.71. The number of piperidine rings is 1. The van der Waals surface area contributed by atoms with Gasteiger partial charge >= 0.3 is 0 Å². The number of aromatic nitrogens is 1. The van der Waals surface area contributed by atoms with Crippen LogP contribution in [0.3, 0.4) is 0 Å². The quantitative estimate of drug-likeness (QED) is 0.941. The van der Waals surface area contributed by atoms with Crippen LogP contribution >= 0.6 is 11.3 Å². The molecule has 1 aliphatic heterocycles. The van der Waals surface area contributed by atoms with E-state index in [9.17, 15) is 5.11 Å². The van der Waals surface area contributed by atoms with Gasteiger partial charge in [0.15, 0.2) is 0 Å². The van der Waals surface area contributed by atoms with Crippen molar-refractivity contribution in [2.24, 2.45) is 5.92 Å². The van der Waals surface area contributed by atoms with Crippen LogP contribution < -0.4 is 0 Å². The lowest BCUT2D eigenvalue weighted by molar-refractivity contribution is 0.0465. The summed E-state index contributed by atoms with van der Waals surface area (Å²) >= 11 is 1.65. The Morgan fingerprint density at radius 2 is 2.45 bits per heavy atom. The predicted molar refractivity (Wildman–Crippen MR) is 79.5 cm³/mol. The Bertz CT molecular complexity index is 538. The highest BCUT2D eigenvalue weighted by Crippen LogP contribution is 2.27. The lowest BCUT2D eigenvalue weighted by atomic mass is 9.91. The van der Waals surface area contributed by atoms with Crippen LogP contribution in [-0.4, -0.2) is 34.2 Å². The highest BCUT2D eigenvalue weighted by atomic mass is 32.1. The molecule has 3 heterocycles. The van der Waals surface area contributed by atoms with Crippen molar-refractivity contribution in [1.29, 1.82) is 0 Å². The van der Waals surface area contributed by atoms with Crippen molar-refractivity contribution in [3.63, 3.8) is 0 Å². The number of hydrogen-bond acceptors (Lipinski definition) is 5. The summed E-state index contributed by atoms with van der Waals surface area (Å²) in [6.45, 7) is 4.34. The van der Waals surface area contributed by atoms with E-state index in [1.807, 2.05) is 6.07 Å². The molecule has 1 aliphatic rings. The summed E-state index contributed by atoms with van der Waals surface area (Å²) in [5, 5.41) is 12.7. The summed E-state index contributed by atoms with van der Waals surface area (Å²) in [7, 11) is 0. The van der Waals surface area contributed by atoms with Crippen LogP contribution in [0.4, 0.5) is 0 Å². The molecule has 0 radical (unpaired) electrons. The van der Waals surface area contributed by atoms with Crippen LogP contribution in [0.2, 0.25) is 0 Å². The topological polar surface area (TPSA) is 49.5 Å². The largest absolute Gasteiger partial charge is 0.472 e. The molecule has 2 unspecified atom stereocenters. The Hall–Kier alpha value is -1.17. The minimum atomic E-state index is 0.236. The van der Waals surface area contributed by atoms with Crippen molar-refractivity contribution in [3.05, 3.63) is 29.7 Å². The molecule has 0 bridgehead atoms. The first-order chi connectivity index (χ1) is 9.78. The molecule has 0 aliphatic carbocycles. The molecule has 1 fully saturated rings. The molecular formula is C15H20N2O2S. The number of hydrogen-bond donors (Lipinski definition) is 1. The zero-order chi connectivity index (χ0) is 13.9. The van der Waals surface area contributed by atoms with E-state index in [0.717, 1.165) is 29.4 Å². The maximum Gasteiger partial charge on any atom is 0.126 e. The summed E-state index contributed by atoms with van der Waals surface area (Å²) in [6.07, 6.45) is 5.81. The van der Waals surface area contributed by atoms with E-state index in [1.165, 1.54) is 12.8 Å². The number of aliphatic hydroxyl groups excluding tert-OH is 1. The average molecular weight is 292 g/mol. The fraction of sp³-hybridized carbons (Fsp3) is 0.533. The maximum absolute atomic E-state index is 9.59. The van der Waals surface area contributed by atoms with Gasteiger partial charge in [-0.15, -0.1) is 11.3 Å². The molecule has 2 aromatic rings. The third kappa shape index (κ3) is 2.80. The van der Waals surface area contributed by atoms with Gasteiger partial charge in [-0.2, -0.15) is 0 Å². The Labute approximate surface area is 123 Å². The van der Waals surface area contributed by atoms with Crippen LogP contribution in [0.1, 0.15) is 25.5 Å². The monoisotopic (exact) mass is 292 g/mol. The van der Waals surface area contributed by atoms with Gasteiger partial charge in [0.2, 0.25) is 0 Å². The molecule has 0 spiro atoms.